The Hall–Kier alpha value is -2.24. The molecule has 2 rings (SSSR count). The van der Waals surface area contributed by atoms with E-state index < -0.39 is 0 Å². The standard InChI is InChI=1S/C17H22N2O4/c20-14-8-9-15(21)18(14)12-6-4-2-1-3-5-7-13-19-16(22)10-11-17(19)23/h8-11H,1-7,12-13H2. The van der Waals surface area contributed by atoms with Crippen LogP contribution in [-0.2, 0) is 19.2 Å². The van der Waals surface area contributed by atoms with E-state index in [1.807, 2.05) is 0 Å². The molecule has 6 heteroatoms. The van der Waals surface area contributed by atoms with E-state index in [0.717, 1.165) is 44.9 Å². The fourth-order valence-electron chi connectivity index (χ4n) is 2.73. The molecule has 124 valence electrons. The topological polar surface area (TPSA) is 74.8 Å². The molecule has 0 aromatic carbocycles. The van der Waals surface area contributed by atoms with E-state index in [2.05, 4.69) is 0 Å². The van der Waals surface area contributed by atoms with Gasteiger partial charge < -0.3 is 0 Å². The smallest absolute Gasteiger partial charge is 0.253 e. The Balaban J connectivity index is 1.43. The fourth-order valence-corrected chi connectivity index (χ4v) is 2.73. The molecule has 23 heavy (non-hydrogen) atoms. The molecule has 0 bridgehead atoms. The fraction of sp³-hybridized carbons (Fsp3) is 0.529. The van der Waals surface area contributed by atoms with Gasteiger partial charge in [0.1, 0.15) is 0 Å². The summed E-state index contributed by atoms with van der Waals surface area (Å²) >= 11 is 0. The van der Waals surface area contributed by atoms with E-state index in [-0.39, 0.29) is 23.6 Å². The van der Waals surface area contributed by atoms with Gasteiger partial charge in [0.25, 0.3) is 23.6 Å². The van der Waals surface area contributed by atoms with Crippen molar-refractivity contribution in [3.05, 3.63) is 24.3 Å². The number of imide groups is 2. The van der Waals surface area contributed by atoms with Gasteiger partial charge in [0, 0.05) is 37.4 Å². The normalized spacial score (nSPS) is 17.2. The van der Waals surface area contributed by atoms with Crippen molar-refractivity contribution in [3.63, 3.8) is 0 Å². The Morgan fingerprint density at radius 3 is 1.04 bits per heavy atom. The largest absolute Gasteiger partial charge is 0.275 e. The zero-order chi connectivity index (χ0) is 16.7. The molecule has 2 aliphatic rings. The van der Waals surface area contributed by atoms with E-state index in [9.17, 15) is 19.2 Å². The minimum atomic E-state index is -0.213. The summed E-state index contributed by atoms with van der Waals surface area (Å²) in [6, 6.07) is 0. The molecule has 0 aliphatic carbocycles. The summed E-state index contributed by atoms with van der Waals surface area (Å²) in [6.07, 6.45) is 12.1. The van der Waals surface area contributed by atoms with Crippen molar-refractivity contribution in [1.82, 2.24) is 9.80 Å². The van der Waals surface area contributed by atoms with Crippen LogP contribution in [-0.4, -0.2) is 46.5 Å². The number of hydrogen-bond donors (Lipinski definition) is 0. The molecule has 0 saturated heterocycles. The summed E-state index contributed by atoms with van der Waals surface area (Å²) in [4.78, 5) is 47.9. The highest BCUT2D eigenvalue weighted by Gasteiger charge is 2.22. The second-order valence-electron chi connectivity index (χ2n) is 5.80. The highest BCUT2D eigenvalue weighted by Crippen LogP contribution is 2.11. The second-order valence-corrected chi connectivity index (χ2v) is 5.80. The predicted octanol–water partition coefficient (Wildman–Crippen LogP) is 1.57. The SMILES string of the molecule is O=C1C=CC(=O)N1CCCCCCCCCN1C(=O)C=CC1=O. The average Bonchev–Trinajstić information content (AvgIpc) is 3.02. The molecular formula is C17H22N2O4. The number of unbranched alkanes of at least 4 members (excludes halogenated alkanes) is 6. The molecular weight excluding hydrogens is 296 g/mol. The molecule has 2 heterocycles. The number of hydrogen-bond acceptors (Lipinski definition) is 4. The van der Waals surface area contributed by atoms with Gasteiger partial charge in [-0.25, -0.2) is 0 Å². The second kappa shape index (κ2) is 8.41. The monoisotopic (exact) mass is 318 g/mol. The summed E-state index contributed by atoms with van der Waals surface area (Å²) in [6.45, 7) is 0.994. The van der Waals surface area contributed by atoms with Crippen LogP contribution in [0.5, 0.6) is 0 Å². The van der Waals surface area contributed by atoms with Crippen LogP contribution in [0, 0.1) is 0 Å². The van der Waals surface area contributed by atoms with Crippen LogP contribution in [0.25, 0.3) is 0 Å². The summed E-state index contributed by atoms with van der Waals surface area (Å²) in [5.41, 5.74) is 0. The van der Waals surface area contributed by atoms with E-state index in [1.165, 1.54) is 34.1 Å². The summed E-state index contributed by atoms with van der Waals surface area (Å²) < 4.78 is 0. The average molecular weight is 318 g/mol. The van der Waals surface area contributed by atoms with Crippen molar-refractivity contribution < 1.29 is 19.2 Å². The van der Waals surface area contributed by atoms with Crippen molar-refractivity contribution in [2.24, 2.45) is 0 Å². The number of carbonyl (C=O) groups excluding carboxylic acids is 4. The van der Waals surface area contributed by atoms with Gasteiger partial charge in [-0.2, -0.15) is 0 Å². The third-order valence-corrected chi connectivity index (χ3v) is 4.06. The molecule has 0 atom stereocenters. The Morgan fingerprint density at radius 1 is 0.478 bits per heavy atom. The quantitative estimate of drug-likeness (QED) is 0.452. The van der Waals surface area contributed by atoms with Crippen LogP contribution >= 0.6 is 0 Å². The van der Waals surface area contributed by atoms with Crippen molar-refractivity contribution in [2.45, 2.75) is 44.9 Å². The number of amides is 4. The molecule has 0 N–H and O–H groups in total. The lowest BCUT2D eigenvalue weighted by Crippen LogP contribution is -2.30. The Labute approximate surface area is 135 Å². The van der Waals surface area contributed by atoms with Gasteiger partial charge in [0.05, 0.1) is 0 Å². The van der Waals surface area contributed by atoms with Crippen LogP contribution in [0.4, 0.5) is 0 Å². The molecule has 0 spiro atoms. The first-order valence-electron chi connectivity index (χ1n) is 8.16. The lowest BCUT2D eigenvalue weighted by molar-refractivity contribution is -0.138. The highest BCUT2D eigenvalue weighted by atomic mass is 16.2. The summed E-state index contributed by atoms with van der Waals surface area (Å²) in [5, 5.41) is 0. The Bertz CT molecular complexity index is 467. The summed E-state index contributed by atoms with van der Waals surface area (Å²) in [7, 11) is 0. The van der Waals surface area contributed by atoms with E-state index in [4.69, 9.17) is 0 Å². The van der Waals surface area contributed by atoms with Crippen molar-refractivity contribution in [1.29, 1.82) is 0 Å². The number of carbonyl (C=O) groups is 4. The van der Waals surface area contributed by atoms with Crippen molar-refractivity contribution in [3.8, 4) is 0 Å². The lowest BCUT2D eigenvalue weighted by atomic mass is 10.1. The first-order valence-corrected chi connectivity index (χ1v) is 8.16. The zero-order valence-electron chi connectivity index (χ0n) is 13.2. The third kappa shape index (κ3) is 4.87. The van der Waals surface area contributed by atoms with Crippen molar-refractivity contribution >= 4 is 23.6 Å². The number of rotatable bonds is 10. The maximum absolute atomic E-state index is 11.3. The van der Waals surface area contributed by atoms with Crippen LogP contribution in [0.1, 0.15) is 44.9 Å². The molecule has 6 nitrogen and oxygen atoms in total. The van der Waals surface area contributed by atoms with E-state index >= 15 is 0 Å². The van der Waals surface area contributed by atoms with Crippen LogP contribution in [0.15, 0.2) is 24.3 Å². The highest BCUT2D eigenvalue weighted by molar-refractivity contribution is 6.13. The van der Waals surface area contributed by atoms with Gasteiger partial charge in [0.2, 0.25) is 0 Å². The van der Waals surface area contributed by atoms with Crippen LogP contribution in [0.3, 0.4) is 0 Å². The minimum absolute atomic E-state index is 0.213. The van der Waals surface area contributed by atoms with Gasteiger partial charge in [-0.3, -0.25) is 29.0 Å². The zero-order valence-corrected chi connectivity index (χ0v) is 13.2. The van der Waals surface area contributed by atoms with Crippen LogP contribution < -0.4 is 0 Å². The Morgan fingerprint density at radius 2 is 0.739 bits per heavy atom. The molecule has 0 radical (unpaired) electrons. The maximum atomic E-state index is 11.3. The maximum Gasteiger partial charge on any atom is 0.253 e. The molecule has 2 aliphatic heterocycles. The van der Waals surface area contributed by atoms with Crippen LogP contribution in [0.2, 0.25) is 0 Å². The molecule has 0 aromatic rings. The van der Waals surface area contributed by atoms with Gasteiger partial charge in [-0.05, 0) is 12.8 Å². The number of nitrogens with zero attached hydrogens (tertiary/aromatic N) is 2. The molecule has 4 amide bonds. The molecule has 0 fully saturated rings. The lowest BCUT2D eigenvalue weighted by Gasteiger charge is -2.13. The van der Waals surface area contributed by atoms with Gasteiger partial charge in [0.15, 0.2) is 0 Å². The van der Waals surface area contributed by atoms with Gasteiger partial charge in [-0.15, -0.1) is 0 Å². The molecule has 0 unspecified atom stereocenters. The molecule has 0 saturated carbocycles. The van der Waals surface area contributed by atoms with E-state index in [0.29, 0.717) is 13.1 Å². The third-order valence-electron chi connectivity index (χ3n) is 4.06. The minimum Gasteiger partial charge on any atom is -0.275 e. The molecule has 0 aromatic heterocycles. The summed E-state index contributed by atoms with van der Waals surface area (Å²) in [5.74, 6) is -0.850. The van der Waals surface area contributed by atoms with Gasteiger partial charge >= 0.3 is 0 Å². The Kier molecular flexibility index (Phi) is 6.26. The van der Waals surface area contributed by atoms with Crippen molar-refractivity contribution in [2.75, 3.05) is 13.1 Å². The van der Waals surface area contributed by atoms with E-state index in [1.54, 1.807) is 0 Å². The first-order chi connectivity index (χ1) is 11.1. The predicted molar refractivity (Wildman–Crippen MR) is 84.0 cm³/mol. The first kappa shape index (κ1) is 17.1. The van der Waals surface area contributed by atoms with Gasteiger partial charge in [-0.1, -0.05) is 32.1 Å².